The molecular weight excluding hydrogens is 402 g/mol. The molecule has 0 atom stereocenters. The number of hydrogen-bond acceptors (Lipinski definition) is 5. The molecular formula is C22H22ClN5O2. The third-order valence-corrected chi connectivity index (χ3v) is 5.60. The van der Waals surface area contributed by atoms with Gasteiger partial charge in [0.1, 0.15) is 5.52 Å². The molecule has 0 bridgehead atoms. The molecule has 0 aliphatic carbocycles. The van der Waals surface area contributed by atoms with Gasteiger partial charge < -0.3 is 9.80 Å². The van der Waals surface area contributed by atoms with E-state index in [-0.39, 0.29) is 17.9 Å². The van der Waals surface area contributed by atoms with Gasteiger partial charge in [-0.15, -0.1) is 6.58 Å². The van der Waals surface area contributed by atoms with Gasteiger partial charge >= 0.3 is 0 Å². The monoisotopic (exact) mass is 423 g/mol. The fourth-order valence-corrected chi connectivity index (χ4v) is 3.85. The van der Waals surface area contributed by atoms with Gasteiger partial charge in [0.15, 0.2) is 11.5 Å². The van der Waals surface area contributed by atoms with Gasteiger partial charge in [-0.05, 0) is 23.8 Å². The Kier molecular flexibility index (Phi) is 5.81. The van der Waals surface area contributed by atoms with Crippen LogP contribution in [0.2, 0.25) is 5.02 Å². The van der Waals surface area contributed by atoms with Crippen LogP contribution in [0, 0.1) is 0 Å². The molecule has 1 saturated heterocycles. The van der Waals surface area contributed by atoms with Crippen LogP contribution in [0.1, 0.15) is 5.56 Å². The lowest BCUT2D eigenvalue weighted by atomic mass is 10.1. The number of halogens is 1. The van der Waals surface area contributed by atoms with Gasteiger partial charge in [0, 0.05) is 43.9 Å². The fraction of sp³-hybridized carbons (Fsp3) is 0.273. The lowest BCUT2D eigenvalue weighted by Gasteiger charge is -2.35. The summed E-state index contributed by atoms with van der Waals surface area (Å²) in [5, 5.41) is 0.598. The Morgan fingerprint density at radius 1 is 1.13 bits per heavy atom. The van der Waals surface area contributed by atoms with Crippen molar-refractivity contribution in [2.75, 3.05) is 31.1 Å². The summed E-state index contributed by atoms with van der Waals surface area (Å²) in [6.07, 6.45) is 3.59. The van der Waals surface area contributed by atoms with Crippen molar-refractivity contribution in [1.82, 2.24) is 19.4 Å². The second kappa shape index (κ2) is 8.67. The largest absolute Gasteiger partial charge is 0.348 e. The van der Waals surface area contributed by atoms with Crippen LogP contribution in [-0.4, -0.2) is 51.5 Å². The fourth-order valence-electron chi connectivity index (χ4n) is 3.65. The summed E-state index contributed by atoms with van der Waals surface area (Å²) in [5.41, 5.74) is 1.82. The zero-order valence-corrected chi connectivity index (χ0v) is 17.3. The van der Waals surface area contributed by atoms with E-state index in [1.807, 2.05) is 34.1 Å². The molecule has 1 amide bonds. The van der Waals surface area contributed by atoms with Crippen molar-refractivity contribution >= 4 is 34.5 Å². The number of amides is 1. The number of pyridine rings is 1. The van der Waals surface area contributed by atoms with E-state index in [1.54, 1.807) is 29.0 Å². The maximum absolute atomic E-state index is 13.0. The molecule has 8 heteroatoms. The number of aromatic nitrogens is 3. The Morgan fingerprint density at radius 3 is 2.63 bits per heavy atom. The molecule has 3 heterocycles. The van der Waals surface area contributed by atoms with Gasteiger partial charge in [-0.3, -0.25) is 14.2 Å². The summed E-state index contributed by atoms with van der Waals surface area (Å²) in [7, 11) is 0. The van der Waals surface area contributed by atoms with Crippen LogP contribution in [0.3, 0.4) is 0 Å². The maximum Gasteiger partial charge on any atom is 0.295 e. The minimum atomic E-state index is -0.197. The number of piperazine rings is 1. The Morgan fingerprint density at radius 2 is 1.90 bits per heavy atom. The van der Waals surface area contributed by atoms with Gasteiger partial charge in [-0.2, -0.15) is 0 Å². The maximum atomic E-state index is 13.0. The van der Waals surface area contributed by atoms with E-state index in [0.29, 0.717) is 54.7 Å². The third kappa shape index (κ3) is 3.93. The molecule has 154 valence electrons. The predicted molar refractivity (Wildman–Crippen MR) is 118 cm³/mol. The summed E-state index contributed by atoms with van der Waals surface area (Å²) in [5.74, 6) is 0.415. The summed E-state index contributed by atoms with van der Waals surface area (Å²) in [6, 6.07) is 11.0. The van der Waals surface area contributed by atoms with Crippen LogP contribution in [0.5, 0.6) is 0 Å². The summed E-state index contributed by atoms with van der Waals surface area (Å²) in [4.78, 5) is 38.3. The Bertz CT molecular complexity index is 1150. The molecule has 2 aromatic heterocycles. The van der Waals surface area contributed by atoms with Crippen molar-refractivity contribution < 1.29 is 4.79 Å². The Labute approximate surface area is 179 Å². The lowest BCUT2D eigenvalue weighted by molar-refractivity contribution is -0.130. The Hall–Kier alpha value is -3.19. The number of carbonyl (C=O) groups is 1. The predicted octanol–water partition coefficient (Wildman–Crippen LogP) is 2.52. The van der Waals surface area contributed by atoms with E-state index in [1.165, 1.54) is 0 Å². The van der Waals surface area contributed by atoms with Gasteiger partial charge in [0.25, 0.3) is 5.56 Å². The highest BCUT2D eigenvalue weighted by atomic mass is 35.5. The highest BCUT2D eigenvalue weighted by Crippen LogP contribution is 2.18. The summed E-state index contributed by atoms with van der Waals surface area (Å²) in [6.45, 7) is 6.23. The Balaban J connectivity index is 1.51. The van der Waals surface area contributed by atoms with Crippen molar-refractivity contribution in [2.45, 2.75) is 13.0 Å². The van der Waals surface area contributed by atoms with E-state index in [2.05, 4.69) is 16.5 Å². The number of fused-ring (bicyclic) bond motifs is 1. The summed E-state index contributed by atoms with van der Waals surface area (Å²) >= 11 is 6.18. The minimum absolute atomic E-state index is 0.0301. The highest BCUT2D eigenvalue weighted by molar-refractivity contribution is 6.31. The number of rotatable bonds is 5. The van der Waals surface area contributed by atoms with E-state index in [4.69, 9.17) is 11.6 Å². The van der Waals surface area contributed by atoms with Crippen molar-refractivity contribution in [1.29, 1.82) is 0 Å². The van der Waals surface area contributed by atoms with Gasteiger partial charge in [-0.1, -0.05) is 35.9 Å². The van der Waals surface area contributed by atoms with Crippen molar-refractivity contribution in [3.63, 3.8) is 0 Å². The quantitative estimate of drug-likeness (QED) is 0.590. The average Bonchev–Trinajstić information content (AvgIpc) is 2.77. The molecule has 1 fully saturated rings. The first-order valence-corrected chi connectivity index (χ1v) is 10.2. The number of benzene rings is 1. The minimum Gasteiger partial charge on any atom is -0.348 e. The van der Waals surface area contributed by atoms with Gasteiger partial charge in [0.2, 0.25) is 5.91 Å². The lowest BCUT2D eigenvalue weighted by Crippen LogP contribution is -2.51. The summed E-state index contributed by atoms with van der Waals surface area (Å²) < 4.78 is 1.58. The topological polar surface area (TPSA) is 71.3 Å². The van der Waals surface area contributed by atoms with Crippen molar-refractivity contribution in [3.8, 4) is 0 Å². The second-order valence-electron chi connectivity index (χ2n) is 7.12. The first kappa shape index (κ1) is 20.1. The van der Waals surface area contributed by atoms with Crippen molar-refractivity contribution in [2.24, 2.45) is 0 Å². The molecule has 1 aromatic carbocycles. The smallest absolute Gasteiger partial charge is 0.295 e. The van der Waals surface area contributed by atoms with E-state index < -0.39 is 0 Å². The first-order valence-electron chi connectivity index (χ1n) is 9.81. The van der Waals surface area contributed by atoms with Gasteiger partial charge in [-0.25, -0.2) is 9.97 Å². The van der Waals surface area contributed by atoms with Crippen LogP contribution in [0.15, 0.2) is 60.0 Å². The molecule has 3 aromatic rings. The number of carbonyl (C=O) groups excluding carboxylic acids is 1. The van der Waals surface area contributed by atoms with Crippen LogP contribution in [0.4, 0.5) is 5.82 Å². The SMILES string of the molecule is C=CCn1c(=O)c(N2CCN(C(=O)Cc3ccccc3Cl)CC2)nc2cccnc21. The number of anilines is 1. The van der Waals surface area contributed by atoms with Crippen LogP contribution in [-0.2, 0) is 17.8 Å². The van der Waals surface area contributed by atoms with Crippen LogP contribution >= 0.6 is 11.6 Å². The zero-order chi connectivity index (χ0) is 21.1. The molecule has 1 aliphatic rings. The molecule has 0 N–H and O–H groups in total. The van der Waals surface area contributed by atoms with Crippen LogP contribution < -0.4 is 10.5 Å². The molecule has 0 radical (unpaired) electrons. The molecule has 0 saturated carbocycles. The number of nitrogens with zero attached hydrogens (tertiary/aromatic N) is 5. The average molecular weight is 424 g/mol. The molecule has 30 heavy (non-hydrogen) atoms. The molecule has 0 unspecified atom stereocenters. The van der Waals surface area contributed by atoms with E-state index >= 15 is 0 Å². The molecule has 7 nitrogen and oxygen atoms in total. The van der Waals surface area contributed by atoms with E-state index in [0.717, 1.165) is 5.56 Å². The second-order valence-corrected chi connectivity index (χ2v) is 7.53. The highest BCUT2D eigenvalue weighted by Gasteiger charge is 2.25. The zero-order valence-electron chi connectivity index (χ0n) is 16.5. The molecule has 4 rings (SSSR count). The number of hydrogen-bond donors (Lipinski definition) is 0. The first-order chi connectivity index (χ1) is 14.6. The number of allylic oxidation sites excluding steroid dienone is 1. The van der Waals surface area contributed by atoms with Crippen LogP contribution in [0.25, 0.3) is 11.2 Å². The van der Waals surface area contributed by atoms with Crippen molar-refractivity contribution in [3.05, 3.63) is 76.2 Å². The molecule has 1 aliphatic heterocycles. The normalized spacial score (nSPS) is 14.2. The standard InChI is InChI=1S/C22H22ClN5O2/c1-2-10-28-20-18(8-5-9-24-20)25-21(22(28)30)27-13-11-26(12-14-27)19(29)15-16-6-3-4-7-17(16)23/h2-9H,1,10-15H2. The van der Waals surface area contributed by atoms with E-state index in [9.17, 15) is 9.59 Å². The third-order valence-electron chi connectivity index (χ3n) is 5.23. The molecule has 0 spiro atoms. The van der Waals surface area contributed by atoms with Gasteiger partial charge in [0.05, 0.1) is 6.42 Å².